The Kier molecular flexibility index (Phi) is 5.34. The van der Waals surface area contributed by atoms with Crippen molar-refractivity contribution in [3.63, 3.8) is 0 Å². The smallest absolute Gasteiger partial charge is 0.0119 e. The molecule has 4 rings (SSSR count). The lowest BCUT2D eigenvalue weighted by molar-refractivity contribution is 1.33. The summed E-state index contributed by atoms with van der Waals surface area (Å²) in [4.78, 5) is 0.997. The van der Waals surface area contributed by atoms with Crippen LogP contribution in [0.5, 0.6) is 0 Å². The van der Waals surface area contributed by atoms with Gasteiger partial charge in [-0.1, -0.05) is 72.8 Å². The van der Waals surface area contributed by atoms with E-state index in [9.17, 15) is 0 Å². The summed E-state index contributed by atoms with van der Waals surface area (Å²) in [5, 5.41) is 0. The van der Waals surface area contributed by atoms with E-state index >= 15 is 0 Å². The maximum atomic E-state index is 4.82. The molecule has 144 valence electrons. The Labute approximate surface area is 179 Å². The van der Waals surface area contributed by atoms with Gasteiger partial charge in [0.2, 0.25) is 0 Å². The normalized spacial score (nSPS) is 10.9. The molecule has 0 spiro atoms. The van der Waals surface area contributed by atoms with Crippen LogP contribution in [0.1, 0.15) is 22.3 Å². The summed E-state index contributed by atoms with van der Waals surface area (Å²) in [6.45, 7) is 8.79. The van der Waals surface area contributed by atoms with Gasteiger partial charge >= 0.3 is 0 Å². The number of aryl methyl sites for hydroxylation is 2. The molecule has 0 aromatic heterocycles. The van der Waals surface area contributed by atoms with Crippen LogP contribution in [-0.2, 0) is 0 Å². The van der Waals surface area contributed by atoms with E-state index in [0.29, 0.717) is 0 Å². The average Bonchev–Trinajstić information content (AvgIpc) is 2.72. The molecule has 29 heavy (non-hydrogen) atoms. The lowest BCUT2D eigenvalue weighted by Gasteiger charge is -2.20. The van der Waals surface area contributed by atoms with E-state index < -0.39 is 0 Å². The van der Waals surface area contributed by atoms with Crippen molar-refractivity contribution in [1.29, 1.82) is 0 Å². The third kappa shape index (κ3) is 3.52. The van der Waals surface area contributed by atoms with Crippen molar-refractivity contribution in [2.75, 3.05) is 0 Å². The maximum Gasteiger partial charge on any atom is 0.0119 e. The van der Waals surface area contributed by atoms with Crippen LogP contribution in [0.25, 0.3) is 33.4 Å². The molecule has 0 nitrogen and oxygen atoms in total. The molecule has 0 amide bonds. The first-order chi connectivity index (χ1) is 14.0. The van der Waals surface area contributed by atoms with Crippen molar-refractivity contribution in [2.45, 2.75) is 32.6 Å². The first-order valence-corrected chi connectivity index (χ1v) is 10.5. The predicted octanol–water partition coefficient (Wildman–Crippen LogP) is 8.21. The molecule has 0 fully saturated rings. The molecule has 0 aliphatic rings. The largest absolute Gasteiger partial charge is 0.143 e. The third-order valence-corrected chi connectivity index (χ3v) is 6.42. The SMILES string of the molecule is Cc1cccc(-c2cccc(-c3cccc(C)c3C)c2-c2ccccc2S)c1C. The van der Waals surface area contributed by atoms with Gasteiger partial charge in [-0.05, 0) is 89.4 Å². The molecule has 0 radical (unpaired) electrons. The second kappa shape index (κ2) is 7.93. The van der Waals surface area contributed by atoms with Crippen molar-refractivity contribution in [2.24, 2.45) is 0 Å². The van der Waals surface area contributed by atoms with Crippen LogP contribution in [0.4, 0.5) is 0 Å². The highest BCUT2D eigenvalue weighted by molar-refractivity contribution is 7.80. The fourth-order valence-corrected chi connectivity index (χ4v) is 4.33. The Morgan fingerprint density at radius 3 is 1.38 bits per heavy atom. The maximum absolute atomic E-state index is 4.82. The van der Waals surface area contributed by atoms with Gasteiger partial charge < -0.3 is 0 Å². The minimum atomic E-state index is 0.997. The molecule has 4 aromatic rings. The standard InChI is InChI=1S/C28H26S/c1-18-10-7-13-22(20(18)3)24-15-9-16-25(23-14-8-11-19(2)21(23)4)28(24)26-12-5-6-17-27(26)29/h5-17,29H,1-4H3. The summed E-state index contributed by atoms with van der Waals surface area (Å²) in [7, 11) is 0. The zero-order valence-corrected chi connectivity index (χ0v) is 18.3. The highest BCUT2D eigenvalue weighted by Crippen LogP contribution is 2.44. The summed E-state index contributed by atoms with van der Waals surface area (Å²) in [5.74, 6) is 0. The number of benzene rings is 4. The molecule has 0 bridgehead atoms. The minimum absolute atomic E-state index is 0.997. The fourth-order valence-electron chi connectivity index (χ4n) is 4.06. The summed E-state index contributed by atoms with van der Waals surface area (Å²) in [5.41, 5.74) is 12.8. The lowest BCUT2D eigenvalue weighted by Crippen LogP contribution is -1.96. The van der Waals surface area contributed by atoms with Gasteiger partial charge in [0.15, 0.2) is 0 Å². The molecule has 0 heterocycles. The molecule has 0 unspecified atom stereocenters. The van der Waals surface area contributed by atoms with Crippen LogP contribution in [0, 0.1) is 27.7 Å². The average molecular weight is 395 g/mol. The van der Waals surface area contributed by atoms with Crippen molar-refractivity contribution < 1.29 is 0 Å². The van der Waals surface area contributed by atoms with Crippen LogP contribution in [0.3, 0.4) is 0 Å². The molecule has 4 aromatic carbocycles. The van der Waals surface area contributed by atoms with E-state index in [4.69, 9.17) is 12.6 Å². The fraction of sp³-hybridized carbons (Fsp3) is 0.143. The molecular formula is C28H26S. The Balaban J connectivity index is 2.12. The number of rotatable bonds is 3. The van der Waals surface area contributed by atoms with E-state index in [2.05, 4.69) is 100 Å². The molecule has 1 heteroatoms. The van der Waals surface area contributed by atoms with E-state index in [1.807, 2.05) is 6.07 Å². The number of hydrogen-bond acceptors (Lipinski definition) is 1. The van der Waals surface area contributed by atoms with Gasteiger partial charge in [0.25, 0.3) is 0 Å². The zero-order valence-electron chi connectivity index (χ0n) is 17.5. The van der Waals surface area contributed by atoms with Crippen LogP contribution in [-0.4, -0.2) is 0 Å². The molecule has 0 aliphatic heterocycles. The summed E-state index contributed by atoms with van der Waals surface area (Å²) >= 11 is 4.82. The second-order valence-corrected chi connectivity index (χ2v) is 8.22. The topological polar surface area (TPSA) is 0 Å². The Bertz CT molecular complexity index is 1130. The Hall–Kier alpha value is -2.77. The van der Waals surface area contributed by atoms with Gasteiger partial charge in [-0.2, -0.15) is 0 Å². The van der Waals surface area contributed by atoms with Gasteiger partial charge in [-0.25, -0.2) is 0 Å². The first-order valence-electron chi connectivity index (χ1n) is 10.0. The predicted molar refractivity (Wildman–Crippen MR) is 129 cm³/mol. The summed E-state index contributed by atoms with van der Waals surface area (Å²) in [6, 6.07) is 28.2. The first kappa shape index (κ1) is 19.5. The monoisotopic (exact) mass is 394 g/mol. The molecule has 0 saturated heterocycles. The van der Waals surface area contributed by atoms with Crippen LogP contribution in [0.2, 0.25) is 0 Å². The Morgan fingerprint density at radius 2 is 0.862 bits per heavy atom. The van der Waals surface area contributed by atoms with Crippen molar-refractivity contribution in [1.82, 2.24) is 0 Å². The van der Waals surface area contributed by atoms with Gasteiger partial charge in [-0.3, -0.25) is 0 Å². The van der Waals surface area contributed by atoms with E-state index in [1.165, 1.54) is 55.6 Å². The van der Waals surface area contributed by atoms with E-state index in [-0.39, 0.29) is 0 Å². The van der Waals surface area contributed by atoms with Crippen molar-refractivity contribution >= 4 is 12.6 Å². The number of hydrogen-bond donors (Lipinski definition) is 1. The lowest BCUT2D eigenvalue weighted by atomic mass is 9.84. The van der Waals surface area contributed by atoms with Crippen LogP contribution < -0.4 is 0 Å². The molecule has 0 saturated carbocycles. The van der Waals surface area contributed by atoms with Gasteiger partial charge in [-0.15, -0.1) is 12.6 Å². The van der Waals surface area contributed by atoms with Crippen molar-refractivity contribution in [3.05, 3.63) is 101 Å². The quantitative estimate of drug-likeness (QED) is 0.333. The van der Waals surface area contributed by atoms with E-state index in [1.54, 1.807) is 0 Å². The highest BCUT2D eigenvalue weighted by atomic mass is 32.1. The summed E-state index contributed by atoms with van der Waals surface area (Å²) in [6.07, 6.45) is 0. The molecule has 0 N–H and O–H groups in total. The van der Waals surface area contributed by atoms with Crippen LogP contribution in [0.15, 0.2) is 83.8 Å². The molecular weight excluding hydrogens is 368 g/mol. The summed E-state index contributed by atoms with van der Waals surface area (Å²) < 4.78 is 0. The highest BCUT2D eigenvalue weighted by Gasteiger charge is 2.18. The number of thiol groups is 1. The second-order valence-electron chi connectivity index (χ2n) is 7.74. The van der Waals surface area contributed by atoms with Crippen molar-refractivity contribution in [3.8, 4) is 33.4 Å². The van der Waals surface area contributed by atoms with Gasteiger partial charge in [0.05, 0.1) is 0 Å². The molecule has 0 atom stereocenters. The van der Waals surface area contributed by atoms with E-state index in [0.717, 1.165) is 4.90 Å². The zero-order chi connectivity index (χ0) is 20.5. The third-order valence-electron chi connectivity index (χ3n) is 6.03. The minimum Gasteiger partial charge on any atom is -0.143 e. The van der Waals surface area contributed by atoms with Gasteiger partial charge in [0.1, 0.15) is 0 Å². The van der Waals surface area contributed by atoms with Gasteiger partial charge in [0, 0.05) is 4.90 Å². The Morgan fingerprint density at radius 1 is 0.448 bits per heavy atom. The molecule has 0 aliphatic carbocycles. The van der Waals surface area contributed by atoms with Crippen LogP contribution >= 0.6 is 12.6 Å².